The summed E-state index contributed by atoms with van der Waals surface area (Å²) in [6.45, 7) is 6.70. The van der Waals surface area contributed by atoms with Gasteiger partial charge in [-0.3, -0.25) is 14.4 Å². The summed E-state index contributed by atoms with van der Waals surface area (Å²) in [5.74, 6) is -7.51. The summed E-state index contributed by atoms with van der Waals surface area (Å²) in [5.41, 5.74) is 6.01. The summed E-state index contributed by atoms with van der Waals surface area (Å²) in [5, 5.41) is 107. The molecule has 18 nitrogen and oxygen atoms in total. The van der Waals surface area contributed by atoms with Gasteiger partial charge in [-0.25, -0.2) is 0 Å². The number of carboxylic acids is 1. The van der Waals surface area contributed by atoms with E-state index in [0.717, 1.165) is 0 Å². The van der Waals surface area contributed by atoms with Crippen LogP contribution in [0.1, 0.15) is 79.1 Å². The number of cyclic esters (lactones) is 1. The summed E-state index contributed by atoms with van der Waals surface area (Å²) in [6.07, 6.45) is 3.67. The van der Waals surface area contributed by atoms with Crippen LogP contribution in [0.5, 0.6) is 0 Å². The minimum absolute atomic E-state index is 0.291. The van der Waals surface area contributed by atoms with E-state index in [4.69, 9.17) is 24.7 Å². The predicted molar refractivity (Wildman–Crippen MR) is 236 cm³/mol. The van der Waals surface area contributed by atoms with Gasteiger partial charge in [0.1, 0.15) is 23.9 Å². The first kappa shape index (κ1) is 55.6. The van der Waals surface area contributed by atoms with Crippen molar-refractivity contribution in [3.8, 4) is 0 Å². The summed E-state index contributed by atoms with van der Waals surface area (Å²) in [4.78, 5) is 37.8. The molecule has 2 saturated heterocycles. The molecule has 18 heteroatoms. The molecule has 0 aliphatic carbocycles. The van der Waals surface area contributed by atoms with Gasteiger partial charge in [0.25, 0.3) is 0 Å². The second-order valence-corrected chi connectivity index (χ2v) is 17.4. The van der Waals surface area contributed by atoms with Gasteiger partial charge in [-0.05, 0) is 20.3 Å². The highest BCUT2D eigenvalue weighted by atomic mass is 16.7. The van der Waals surface area contributed by atoms with Crippen LogP contribution in [0.4, 0.5) is 0 Å². The molecule has 0 radical (unpaired) electrons. The lowest BCUT2D eigenvalue weighted by Gasteiger charge is -2.45. The largest absolute Gasteiger partial charge is 0.481 e. The second kappa shape index (κ2) is 27.2. The van der Waals surface area contributed by atoms with E-state index in [9.17, 15) is 65.4 Å². The Balaban J connectivity index is 1.86. The van der Waals surface area contributed by atoms with Crippen molar-refractivity contribution in [3.63, 3.8) is 0 Å². The Morgan fingerprint density at radius 1 is 0.692 bits per heavy atom. The molecule has 2 fully saturated rings. The number of aliphatic hydroxyl groups is 9. The van der Waals surface area contributed by atoms with Crippen LogP contribution < -0.4 is 5.73 Å². The zero-order valence-corrected chi connectivity index (χ0v) is 37.5. The van der Waals surface area contributed by atoms with E-state index in [2.05, 4.69) is 0 Å². The maximum Gasteiger partial charge on any atom is 0.311 e. The number of fused-ring (bicyclic) bond motifs is 2. The van der Waals surface area contributed by atoms with Gasteiger partial charge in [0.2, 0.25) is 0 Å². The fourth-order valence-corrected chi connectivity index (χ4v) is 7.82. The Hall–Kier alpha value is -3.73. The molecule has 3 rings (SSSR count). The first-order valence-electron chi connectivity index (χ1n) is 22.2. The molecule has 0 amide bonds. The average molecular weight is 922 g/mol. The van der Waals surface area contributed by atoms with Gasteiger partial charge in [-0.1, -0.05) is 98.9 Å². The minimum atomic E-state index is -2.38. The molecule has 3 aliphatic heterocycles. The van der Waals surface area contributed by atoms with E-state index in [0.29, 0.717) is 0 Å². The van der Waals surface area contributed by atoms with Gasteiger partial charge in [-0.2, -0.15) is 0 Å². The molecular formula is C47H71NO17. The highest BCUT2D eigenvalue weighted by Gasteiger charge is 2.51. The number of carboxylic acid groups (broad SMARTS) is 1. The third kappa shape index (κ3) is 18.5. The molecule has 3 heterocycles. The number of carbonyl (C=O) groups is 3. The Morgan fingerprint density at radius 2 is 1.23 bits per heavy atom. The fraction of sp³-hybridized carbons (Fsp3) is 0.638. The molecule has 0 aromatic carbocycles. The Bertz CT molecular complexity index is 1710. The van der Waals surface area contributed by atoms with E-state index >= 15 is 0 Å². The number of Topliss-reactive ketones (excluding diaryl/α,β-unsaturated/α-hetero) is 1. The van der Waals surface area contributed by atoms with Crippen molar-refractivity contribution in [1.82, 2.24) is 0 Å². The summed E-state index contributed by atoms with van der Waals surface area (Å²) in [7, 11) is 0. The van der Waals surface area contributed by atoms with Crippen molar-refractivity contribution in [2.45, 2.75) is 170 Å². The fourth-order valence-electron chi connectivity index (χ4n) is 7.82. The Morgan fingerprint density at radius 3 is 1.82 bits per heavy atom. The lowest BCUT2D eigenvalue weighted by molar-refractivity contribution is -0.310. The molecule has 0 spiro atoms. The monoisotopic (exact) mass is 921 g/mol. The molecule has 0 saturated carbocycles. The number of rotatable bonds is 3. The van der Waals surface area contributed by atoms with Gasteiger partial charge in [0.05, 0.1) is 73.5 Å². The van der Waals surface area contributed by atoms with E-state index in [-0.39, 0.29) is 31.6 Å². The standard InChI is InChI=1S/C47H71NO17/c1-27-17-15-13-11-9-7-5-6-8-10-12-14-16-18-34(64-46-44(58)41(48)43(57)30(4)63-46)24-38-40(45(59)60)37(54)26-47(61,65-38)25-36(53)35(52)20-19-31(49)21-32(50)22-33(51)23-39(55)62-29(3)28(2)42(27)56/h5-18,27-30,32-38,40-44,46,50-54,56-58,61H,19-26,48H2,1-4H3,(H,59,60)/b6-5-,9-7-,10-8-,13-11-,14-12-,17-15-,18-16-/t27-,28-,29-,30?,32+,33+,34-,35+,36+,37-,38?,40+,41?,42+,43?,44?,46?,47+/m0/s1. The molecule has 366 valence electrons. The Kier molecular flexibility index (Phi) is 23.2. The van der Waals surface area contributed by atoms with E-state index < -0.39 is 147 Å². The van der Waals surface area contributed by atoms with Gasteiger partial charge < -0.3 is 75.7 Å². The predicted octanol–water partition coefficient (Wildman–Crippen LogP) is 0.920. The number of ether oxygens (including phenoxy) is 4. The van der Waals surface area contributed by atoms with Crippen molar-refractivity contribution >= 4 is 17.7 Å². The van der Waals surface area contributed by atoms with E-state index in [1.807, 2.05) is 13.0 Å². The molecule has 0 aromatic rings. The molecule has 12 N–H and O–H groups in total. The quantitative estimate of drug-likeness (QED) is 0.175. The molecule has 2 bridgehead atoms. The summed E-state index contributed by atoms with van der Waals surface area (Å²) < 4.78 is 23.1. The van der Waals surface area contributed by atoms with Crippen LogP contribution in [0.25, 0.3) is 0 Å². The van der Waals surface area contributed by atoms with Crippen molar-refractivity contribution in [1.29, 1.82) is 0 Å². The third-order valence-electron chi connectivity index (χ3n) is 11.9. The summed E-state index contributed by atoms with van der Waals surface area (Å²) in [6, 6.07) is -1.15. The number of esters is 1. The molecule has 0 aromatic heterocycles. The number of aliphatic carboxylic acids is 1. The highest BCUT2D eigenvalue weighted by molar-refractivity contribution is 5.78. The van der Waals surface area contributed by atoms with Crippen molar-refractivity contribution < 1.29 is 84.4 Å². The Labute approximate surface area is 380 Å². The topological polar surface area (TPSA) is 316 Å². The van der Waals surface area contributed by atoms with Crippen LogP contribution in [-0.2, 0) is 33.3 Å². The molecular weight excluding hydrogens is 851 g/mol. The second-order valence-electron chi connectivity index (χ2n) is 17.4. The van der Waals surface area contributed by atoms with Gasteiger partial charge in [-0.15, -0.1) is 0 Å². The number of carbonyl (C=O) groups excluding carboxylic acids is 2. The third-order valence-corrected chi connectivity index (χ3v) is 11.9. The smallest absolute Gasteiger partial charge is 0.311 e. The van der Waals surface area contributed by atoms with E-state index in [1.54, 1.807) is 86.8 Å². The minimum Gasteiger partial charge on any atom is -0.481 e. The van der Waals surface area contributed by atoms with Crippen LogP contribution >= 0.6 is 0 Å². The first-order valence-corrected chi connectivity index (χ1v) is 22.2. The number of hydrogen-bond acceptors (Lipinski definition) is 17. The molecule has 65 heavy (non-hydrogen) atoms. The molecule has 18 atom stereocenters. The maximum atomic E-state index is 12.7. The van der Waals surface area contributed by atoms with Crippen molar-refractivity contribution in [2.75, 3.05) is 0 Å². The normalized spacial score (nSPS) is 44.4. The molecule has 3 aliphatic rings. The number of aliphatic hydroxyl groups excluding tert-OH is 8. The SMILES string of the molecule is CC1OC(O[C@H]2\C=C/C=C\C=C/C=C\C=C/C=C\C=C/[C@H](C)[C@@H](O)[C@@H](C)[C@H](C)OC(=O)C[C@H](O)C[C@H](O)CC(=O)CC[C@@H](O)[C@H](O)C[C@]3(O)C[C@H](O)[C@@H](C(=O)O)C(C2)O3)C(O)C(N)C1O. The summed E-state index contributed by atoms with van der Waals surface area (Å²) >= 11 is 0. The lowest BCUT2D eigenvalue weighted by atomic mass is 9.82. The van der Waals surface area contributed by atoms with Crippen molar-refractivity contribution in [2.24, 2.45) is 23.5 Å². The van der Waals surface area contributed by atoms with Crippen LogP contribution in [0.3, 0.4) is 0 Å². The zero-order chi connectivity index (χ0) is 48.4. The number of allylic oxidation sites excluding steroid dienone is 12. The van der Waals surface area contributed by atoms with Gasteiger partial charge in [0.15, 0.2) is 12.1 Å². The lowest BCUT2D eigenvalue weighted by Crippen LogP contribution is -2.61. The highest BCUT2D eigenvalue weighted by Crippen LogP contribution is 2.38. The van der Waals surface area contributed by atoms with Gasteiger partial charge >= 0.3 is 11.9 Å². The number of hydrogen-bond donors (Lipinski definition) is 11. The average Bonchev–Trinajstić information content (AvgIpc) is 3.21. The van der Waals surface area contributed by atoms with Crippen LogP contribution in [0, 0.1) is 17.8 Å². The van der Waals surface area contributed by atoms with Crippen LogP contribution in [0.2, 0.25) is 0 Å². The van der Waals surface area contributed by atoms with Crippen molar-refractivity contribution in [3.05, 3.63) is 85.1 Å². The number of nitrogens with two attached hydrogens (primary N) is 1. The van der Waals surface area contributed by atoms with Gasteiger partial charge in [0, 0.05) is 50.4 Å². The zero-order valence-electron chi connectivity index (χ0n) is 37.5. The van der Waals surface area contributed by atoms with E-state index in [1.165, 1.54) is 13.0 Å². The first-order chi connectivity index (χ1) is 30.6. The molecule has 6 unspecified atom stereocenters. The van der Waals surface area contributed by atoms with Crippen LogP contribution in [0.15, 0.2) is 85.1 Å². The maximum absolute atomic E-state index is 12.7. The van der Waals surface area contributed by atoms with Crippen LogP contribution in [-0.4, -0.2) is 160 Å². The number of ketones is 1.